The van der Waals surface area contributed by atoms with E-state index in [4.69, 9.17) is 9.47 Å². The number of thiophene rings is 1. The van der Waals surface area contributed by atoms with Gasteiger partial charge in [-0.15, -0.1) is 11.3 Å². The van der Waals surface area contributed by atoms with Gasteiger partial charge in [0.1, 0.15) is 17.3 Å². The maximum absolute atomic E-state index is 13.2. The zero-order valence-electron chi connectivity index (χ0n) is 19.3. The first-order chi connectivity index (χ1) is 17.0. The molecular formula is C27H24N2O5S. The van der Waals surface area contributed by atoms with Gasteiger partial charge in [-0.1, -0.05) is 18.2 Å². The van der Waals surface area contributed by atoms with Crippen molar-refractivity contribution < 1.29 is 24.2 Å². The normalized spacial score (nSPS) is 17.3. The van der Waals surface area contributed by atoms with Crippen LogP contribution in [0.1, 0.15) is 22.0 Å². The number of hydrogen-bond acceptors (Lipinski definition) is 6. The smallest absolute Gasteiger partial charge is 0.295 e. The number of aliphatic hydroxyl groups is 1. The predicted molar refractivity (Wildman–Crippen MR) is 135 cm³/mol. The van der Waals surface area contributed by atoms with Crippen molar-refractivity contribution in [3.8, 4) is 11.5 Å². The van der Waals surface area contributed by atoms with E-state index in [0.717, 1.165) is 27.1 Å². The van der Waals surface area contributed by atoms with E-state index in [2.05, 4.69) is 4.98 Å². The molecule has 2 aromatic carbocycles. The highest BCUT2D eigenvalue weighted by atomic mass is 32.1. The van der Waals surface area contributed by atoms with Crippen LogP contribution in [-0.2, 0) is 16.0 Å². The molecule has 7 nitrogen and oxygen atoms in total. The highest BCUT2D eigenvalue weighted by molar-refractivity contribution is 7.10. The van der Waals surface area contributed by atoms with E-state index in [1.807, 2.05) is 41.9 Å². The zero-order valence-corrected chi connectivity index (χ0v) is 20.1. The summed E-state index contributed by atoms with van der Waals surface area (Å²) in [6.45, 7) is 0.312. The molecule has 0 bridgehead atoms. The van der Waals surface area contributed by atoms with E-state index in [1.165, 1.54) is 18.4 Å². The monoisotopic (exact) mass is 488 g/mol. The van der Waals surface area contributed by atoms with Gasteiger partial charge in [0.05, 0.1) is 25.8 Å². The topological polar surface area (TPSA) is 91.9 Å². The van der Waals surface area contributed by atoms with Crippen molar-refractivity contribution in [1.29, 1.82) is 0 Å². The Kier molecular flexibility index (Phi) is 6.05. The molecule has 0 radical (unpaired) electrons. The lowest BCUT2D eigenvalue weighted by molar-refractivity contribution is -0.139. The lowest BCUT2D eigenvalue weighted by Crippen LogP contribution is -2.31. The minimum absolute atomic E-state index is 0.0892. The first kappa shape index (κ1) is 22.7. The average molecular weight is 489 g/mol. The van der Waals surface area contributed by atoms with Crippen LogP contribution in [-0.4, -0.2) is 47.4 Å². The molecule has 5 rings (SSSR count). The Hall–Kier alpha value is -4.04. The number of ketones is 1. The largest absolute Gasteiger partial charge is 0.507 e. The number of carbonyl (C=O) groups excluding carboxylic acids is 2. The molecular weight excluding hydrogens is 464 g/mol. The van der Waals surface area contributed by atoms with Crippen molar-refractivity contribution >= 4 is 39.7 Å². The second-order valence-corrected chi connectivity index (χ2v) is 9.19. The number of hydrogen-bond donors (Lipinski definition) is 2. The summed E-state index contributed by atoms with van der Waals surface area (Å²) in [5, 5.41) is 14.1. The highest BCUT2D eigenvalue weighted by Gasteiger charge is 2.46. The van der Waals surface area contributed by atoms with Gasteiger partial charge in [0, 0.05) is 34.1 Å². The minimum atomic E-state index is -0.690. The third kappa shape index (κ3) is 4.06. The van der Waals surface area contributed by atoms with Crippen molar-refractivity contribution in [3.05, 3.63) is 87.8 Å². The van der Waals surface area contributed by atoms with Crippen LogP contribution in [0.15, 0.2) is 71.7 Å². The van der Waals surface area contributed by atoms with Gasteiger partial charge < -0.3 is 24.5 Å². The molecule has 0 spiro atoms. The number of aliphatic hydroxyl groups excluding tert-OH is 1. The van der Waals surface area contributed by atoms with Crippen LogP contribution in [0.25, 0.3) is 16.7 Å². The van der Waals surface area contributed by atoms with E-state index in [9.17, 15) is 14.7 Å². The van der Waals surface area contributed by atoms with Crippen LogP contribution in [0, 0.1) is 0 Å². The van der Waals surface area contributed by atoms with E-state index in [0.29, 0.717) is 24.3 Å². The maximum atomic E-state index is 13.2. The molecule has 35 heavy (non-hydrogen) atoms. The molecule has 0 unspecified atom stereocenters. The number of aromatic nitrogens is 1. The summed E-state index contributed by atoms with van der Waals surface area (Å²) in [6, 6.07) is 15.7. The van der Waals surface area contributed by atoms with Gasteiger partial charge in [-0.05, 0) is 53.8 Å². The van der Waals surface area contributed by atoms with Crippen LogP contribution in [0.2, 0.25) is 0 Å². The number of methoxy groups -OCH3 is 2. The minimum Gasteiger partial charge on any atom is -0.507 e. The Morgan fingerprint density at radius 2 is 1.86 bits per heavy atom. The fourth-order valence-corrected chi connectivity index (χ4v) is 5.36. The van der Waals surface area contributed by atoms with Gasteiger partial charge >= 0.3 is 0 Å². The average Bonchev–Trinajstić information content (AvgIpc) is 3.61. The van der Waals surface area contributed by atoms with Crippen molar-refractivity contribution in [2.75, 3.05) is 20.8 Å². The molecule has 1 saturated heterocycles. The number of fused-ring (bicyclic) bond motifs is 1. The predicted octanol–water partition coefficient (Wildman–Crippen LogP) is 4.91. The van der Waals surface area contributed by atoms with Crippen LogP contribution in [0.3, 0.4) is 0 Å². The van der Waals surface area contributed by atoms with E-state index >= 15 is 0 Å². The Morgan fingerprint density at radius 1 is 1.06 bits per heavy atom. The number of nitrogens with one attached hydrogen (secondary N) is 1. The lowest BCUT2D eigenvalue weighted by atomic mass is 9.99. The van der Waals surface area contributed by atoms with Gasteiger partial charge in [-0.2, -0.15) is 0 Å². The molecule has 0 aliphatic carbocycles. The van der Waals surface area contributed by atoms with Crippen molar-refractivity contribution in [1.82, 2.24) is 9.88 Å². The number of H-pyrrole nitrogens is 1. The summed E-state index contributed by atoms with van der Waals surface area (Å²) in [6.07, 6.45) is 2.44. The van der Waals surface area contributed by atoms with Gasteiger partial charge in [0.2, 0.25) is 0 Å². The third-order valence-electron chi connectivity index (χ3n) is 6.29. The molecule has 1 aliphatic rings. The second-order valence-electron chi connectivity index (χ2n) is 8.22. The van der Waals surface area contributed by atoms with Gasteiger partial charge in [-0.3, -0.25) is 9.59 Å². The first-order valence-corrected chi connectivity index (χ1v) is 12.0. The zero-order chi connectivity index (χ0) is 24.5. The van der Waals surface area contributed by atoms with E-state index in [1.54, 1.807) is 36.3 Å². The summed E-state index contributed by atoms with van der Waals surface area (Å²) in [7, 11) is 3.15. The summed E-state index contributed by atoms with van der Waals surface area (Å²) < 4.78 is 10.6. The fourth-order valence-electron chi connectivity index (χ4n) is 4.51. The number of rotatable bonds is 7. The van der Waals surface area contributed by atoms with Crippen molar-refractivity contribution in [2.45, 2.75) is 12.5 Å². The molecule has 1 amide bonds. The van der Waals surface area contributed by atoms with E-state index < -0.39 is 17.7 Å². The summed E-state index contributed by atoms with van der Waals surface area (Å²) in [5.41, 5.74) is 2.49. The molecule has 4 aromatic rings. The number of carbonyl (C=O) groups is 2. The SMILES string of the molecule is COc1cccc(C(O)=C2C(=O)C(=O)N(CCc3c[nH]c4ccc(OC)cc34)[C@@H]2c2cccs2)c1. The number of Topliss-reactive ketones (excluding diaryl/α,β-unsaturated/α-hetero) is 1. The summed E-state index contributed by atoms with van der Waals surface area (Å²) >= 11 is 1.44. The van der Waals surface area contributed by atoms with Gasteiger partial charge in [0.25, 0.3) is 11.7 Å². The van der Waals surface area contributed by atoms with Gasteiger partial charge in [0.15, 0.2) is 0 Å². The molecule has 8 heteroatoms. The third-order valence-corrected chi connectivity index (χ3v) is 7.22. The Morgan fingerprint density at radius 3 is 2.60 bits per heavy atom. The number of amides is 1. The maximum Gasteiger partial charge on any atom is 0.295 e. The second kappa shape index (κ2) is 9.31. The van der Waals surface area contributed by atoms with Crippen molar-refractivity contribution in [2.24, 2.45) is 0 Å². The molecule has 0 saturated carbocycles. The molecule has 1 atom stereocenters. The molecule has 3 heterocycles. The van der Waals surface area contributed by atoms with E-state index in [-0.39, 0.29) is 11.3 Å². The van der Waals surface area contributed by atoms with Gasteiger partial charge in [-0.25, -0.2) is 0 Å². The number of ether oxygens (including phenoxy) is 2. The number of aromatic amines is 1. The summed E-state index contributed by atoms with van der Waals surface area (Å²) in [4.78, 5) is 32.0. The van der Waals surface area contributed by atoms with Crippen LogP contribution in [0.4, 0.5) is 0 Å². The fraction of sp³-hybridized carbons (Fsp3) is 0.185. The molecule has 1 fully saturated rings. The highest BCUT2D eigenvalue weighted by Crippen LogP contribution is 2.41. The Bertz CT molecular complexity index is 1440. The molecule has 2 aromatic heterocycles. The molecule has 178 valence electrons. The molecule has 2 N–H and O–H groups in total. The van der Waals surface area contributed by atoms with Crippen molar-refractivity contribution in [3.63, 3.8) is 0 Å². The first-order valence-electron chi connectivity index (χ1n) is 11.1. The van der Waals surface area contributed by atoms with Crippen LogP contribution >= 0.6 is 11.3 Å². The Labute approximate surface area is 206 Å². The van der Waals surface area contributed by atoms with Crippen LogP contribution in [0.5, 0.6) is 11.5 Å². The standard InChI is InChI=1S/C27H24N2O5S/c1-33-18-6-3-5-16(13-18)25(30)23-24(22-7-4-12-35-22)29(27(32)26(23)31)11-10-17-15-28-21-9-8-19(34-2)14-20(17)21/h3-9,12-15,24,28,30H,10-11H2,1-2H3/t24-/m1/s1. The molecule has 1 aliphatic heterocycles. The number of nitrogens with zero attached hydrogens (tertiary/aromatic N) is 1. The lowest BCUT2D eigenvalue weighted by Gasteiger charge is -2.24. The number of benzene rings is 2. The summed E-state index contributed by atoms with van der Waals surface area (Å²) in [5.74, 6) is -0.226. The number of likely N-dealkylation sites (tertiary alicyclic amines) is 1. The quantitative estimate of drug-likeness (QED) is 0.219. The Balaban J connectivity index is 1.52. The van der Waals surface area contributed by atoms with Crippen LogP contribution < -0.4 is 9.47 Å².